The Morgan fingerprint density at radius 3 is 1.84 bits per heavy atom. The Hall–Kier alpha value is -3.40. The Morgan fingerprint density at radius 1 is 0.677 bits per heavy atom. The third kappa shape index (κ3) is 5.02. The van der Waals surface area contributed by atoms with Gasteiger partial charge < -0.3 is 10.6 Å². The van der Waals surface area contributed by atoms with Crippen molar-refractivity contribution in [1.82, 2.24) is 10.6 Å². The fourth-order valence-electron chi connectivity index (χ4n) is 4.21. The molecule has 2 N–H and O–H groups in total. The van der Waals surface area contributed by atoms with Crippen molar-refractivity contribution in [2.24, 2.45) is 0 Å². The van der Waals surface area contributed by atoms with E-state index < -0.39 is 11.8 Å². The number of nitrogens with one attached hydrogen (secondary N) is 2. The standard InChI is InChI=1S/C27H28N2O2/c1-19(23-17-16-20-10-8-9-15-24(20)18-23)28-26(30)27(31)29-25(21-11-4-2-5-12-21)22-13-6-3-7-14-22/h2-7,11-14,16-19,25H,8-10,15H2,1H3,(H,28,30)(H,29,31). The SMILES string of the molecule is CC(NC(=O)C(=O)NC(c1ccccc1)c1ccccc1)c1ccc2c(c1)CCCC2. The first-order valence-electron chi connectivity index (χ1n) is 10.9. The molecule has 4 nitrogen and oxygen atoms in total. The van der Waals surface area contributed by atoms with E-state index in [0.29, 0.717) is 0 Å². The quantitative estimate of drug-likeness (QED) is 0.600. The number of carbonyl (C=O) groups is 2. The fraction of sp³-hybridized carbons (Fsp3) is 0.259. The van der Waals surface area contributed by atoms with Gasteiger partial charge in [-0.25, -0.2) is 0 Å². The lowest BCUT2D eigenvalue weighted by Crippen LogP contribution is -2.42. The summed E-state index contributed by atoms with van der Waals surface area (Å²) in [6.45, 7) is 1.92. The maximum Gasteiger partial charge on any atom is 0.310 e. The minimum atomic E-state index is -0.637. The normalized spacial score (nSPS) is 13.9. The summed E-state index contributed by atoms with van der Waals surface area (Å²) in [5.41, 5.74) is 5.65. The zero-order chi connectivity index (χ0) is 21.6. The van der Waals surface area contributed by atoms with E-state index in [-0.39, 0.29) is 12.1 Å². The third-order valence-corrected chi connectivity index (χ3v) is 5.97. The molecule has 1 aliphatic carbocycles. The van der Waals surface area contributed by atoms with E-state index in [4.69, 9.17) is 0 Å². The van der Waals surface area contributed by atoms with Gasteiger partial charge in [0.05, 0.1) is 12.1 Å². The minimum Gasteiger partial charge on any atom is -0.341 e. The van der Waals surface area contributed by atoms with Crippen LogP contribution in [0.3, 0.4) is 0 Å². The molecule has 0 radical (unpaired) electrons. The molecule has 0 fully saturated rings. The van der Waals surface area contributed by atoms with Crippen molar-refractivity contribution in [1.29, 1.82) is 0 Å². The molecule has 158 valence electrons. The number of rotatable bonds is 5. The van der Waals surface area contributed by atoms with E-state index in [1.165, 1.54) is 24.0 Å². The second-order valence-corrected chi connectivity index (χ2v) is 8.16. The lowest BCUT2D eigenvalue weighted by Gasteiger charge is -2.22. The van der Waals surface area contributed by atoms with E-state index in [1.807, 2.05) is 67.6 Å². The van der Waals surface area contributed by atoms with Crippen LogP contribution in [0.15, 0.2) is 78.9 Å². The van der Waals surface area contributed by atoms with Crippen LogP contribution in [0.5, 0.6) is 0 Å². The molecule has 3 aromatic carbocycles. The number of fused-ring (bicyclic) bond motifs is 1. The molecule has 0 aliphatic heterocycles. The lowest BCUT2D eigenvalue weighted by atomic mass is 9.89. The summed E-state index contributed by atoms with van der Waals surface area (Å²) in [6.07, 6.45) is 4.65. The average molecular weight is 413 g/mol. The van der Waals surface area contributed by atoms with Crippen molar-refractivity contribution in [3.63, 3.8) is 0 Å². The van der Waals surface area contributed by atoms with Crippen LogP contribution in [0, 0.1) is 0 Å². The summed E-state index contributed by atoms with van der Waals surface area (Å²) in [6, 6.07) is 25.1. The molecule has 0 spiro atoms. The van der Waals surface area contributed by atoms with Crippen molar-refractivity contribution in [2.75, 3.05) is 0 Å². The Labute approximate surface area is 183 Å². The topological polar surface area (TPSA) is 58.2 Å². The second kappa shape index (κ2) is 9.61. The Morgan fingerprint density at radius 2 is 1.23 bits per heavy atom. The largest absolute Gasteiger partial charge is 0.341 e. The molecule has 3 aromatic rings. The molecule has 1 unspecified atom stereocenters. The minimum absolute atomic E-state index is 0.239. The van der Waals surface area contributed by atoms with Gasteiger partial charge in [0.25, 0.3) is 0 Å². The zero-order valence-corrected chi connectivity index (χ0v) is 17.8. The molecule has 0 bridgehead atoms. The van der Waals surface area contributed by atoms with Crippen LogP contribution in [0.4, 0.5) is 0 Å². The first kappa shape index (κ1) is 20.9. The highest BCUT2D eigenvalue weighted by Gasteiger charge is 2.23. The van der Waals surface area contributed by atoms with Crippen molar-refractivity contribution >= 4 is 11.8 Å². The van der Waals surface area contributed by atoms with E-state index in [0.717, 1.165) is 29.5 Å². The van der Waals surface area contributed by atoms with E-state index in [1.54, 1.807) is 0 Å². The van der Waals surface area contributed by atoms with Gasteiger partial charge in [-0.3, -0.25) is 9.59 Å². The van der Waals surface area contributed by atoms with Gasteiger partial charge in [-0.1, -0.05) is 78.9 Å². The Balaban J connectivity index is 1.46. The number of amides is 2. The van der Waals surface area contributed by atoms with Gasteiger partial charge in [0.1, 0.15) is 0 Å². The van der Waals surface area contributed by atoms with Crippen molar-refractivity contribution in [3.8, 4) is 0 Å². The second-order valence-electron chi connectivity index (χ2n) is 8.16. The molecule has 0 saturated heterocycles. The van der Waals surface area contributed by atoms with Crippen LogP contribution < -0.4 is 10.6 Å². The molecular weight excluding hydrogens is 384 g/mol. The highest BCUT2D eigenvalue weighted by atomic mass is 16.2. The van der Waals surface area contributed by atoms with Gasteiger partial charge in [-0.2, -0.15) is 0 Å². The predicted octanol–water partition coefficient (Wildman–Crippen LogP) is 4.65. The maximum absolute atomic E-state index is 12.8. The highest BCUT2D eigenvalue weighted by molar-refractivity contribution is 6.35. The number of aryl methyl sites for hydroxylation is 2. The van der Waals surface area contributed by atoms with Gasteiger partial charge in [0.2, 0.25) is 0 Å². The predicted molar refractivity (Wildman–Crippen MR) is 123 cm³/mol. The molecule has 4 rings (SSSR count). The molecule has 0 saturated carbocycles. The van der Waals surface area contributed by atoms with Crippen molar-refractivity contribution in [3.05, 3.63) is 107 Å². The first-order valence-corrected chi connectivity index (χ1v) is 10.9. The average Bonchev–Trinajstić information content (AvgIpc) is 2.83. The summed E-state index contributed by atoms with van der Waals surface area (Å²) in [5, 5.41) is 5.77. The van der Waals surface area contributed by atoms with Crippen LogP contribution in [0.1, 0.15) is 59.7 Å². The van der Waals surface area contributed by atoms with Crippen LogP contribution in [0.2, 0.25) is 0 Å². The molecule has 1 atom stereocenters. The first-order chi connectivity index (χ1) is 15.1. The lowest BCUT2D eigenvalue weighted by molar-refractivity contribution is -0.139. The van der Waals surface area contributed by atoms with Crippen LogP contribution in [-0.4, -0.2) is 11.8 Å². The maximum atomic E-state index is 12.8. The molecule has 4 heteroatoms. The zero-order valence-electron chi connectivity index (χ0n) is 17.8. The Bertz CT molecular complexity index is 1010. The molecule has 0 heterocycles. The summed E-state index contributed by atoms with van der Waals surface area (Å²) in [7, 11) is 0. The fourth-order valence-corrected chi connectivity index (χ4v) is 4.21. The van der Waals surface area contributed by atoms with Gasteiger partial charge in [0.15, 0.2) is 0 Å². The number of hydrogen-bond acceptors (Lipinski definition) is 2. The molecule has 1 aliphatic rings. The highest BCUT2D eigenvalue weighted by Crippen LogP contribution is 2.25. The smallest absolute Gasteiger partial charge is 0.310 e. The van der Waals surface area contributed by atoms with E-state index in [2.05, 4.69) is 28.8 Å². The number of carbonyl (C=O) groups excluding carboxylic acids is 2. The van der Waals surface area contributed by atoms with Gasteiger partial charge in [0, 0.05) is 0 Å². The molecular formula is C27H28N2O2. The molecule has 2 amide bonds. The van der Waals surface area contributed by atoms with Crippen molar-refractivity contribution in [2.45, 2.75) is 44.7 Å². The monoisotopic (exact) mass is 412 g/mol. The Kier molecular flexibility index (Phi) is 6.46. The van der Waals surface area contributed by atoms with Crippen LogP contribution in [-0.2, 0) is 22.4 Å². The van der Waals surface area contributed by atoms with Gasteiger partial charge >= 0.3 is 11.8 Å². The summed E-state index contributed by atoms with van der Waals surface area (Å²) in [4.78, 5) is 25.5. The van der Waals surface area contributed by atoms with Crippen LogP contribution >= 0.6 is 0 Å². The summed E-state index contributed by atoms with van der Waals surface area (Å²) < 4.78 is 0. The molecule has 0 aromatic heterocycles. The van der Waals surface area contributed by atoms with Gasteiger partial charge in [-0.05, 0) is 60.4 Å². The van der Waals surface area contributed by atoms with Gasteiger partial charge in [-0.15, -0.1) is 0 Å². The summed E-state index contributed by atoms with van der Waals surface area (Å²) >= 11 is 0. The summed E-state index contributed by atoms with van der Waals surface area (Å²) in [5.74, 6) is -1.26. The van der Waals surface area contributed by atoms with E-state index in [9.17, 15) is 9.59 Å². The number of benzene rings is 3. The molecule has 31 heavy (non-hydrogen) atoms. The van der Waals surface area contributed by atoms with Crippen molar-refractivity contribution < 1.29 is 9.59 Å². The van der Waals surface area contributed by atoms with Crippen LogP contribution in [0.25, 0.3) is 0 Å². The van der Waals surface area contributed by atoms with E-state index >= 15 is 0 Å². The third-order valence-electron chi connectivity index (χ3n) is 5.97. The number of hydrogen-bond donors (Lipinski definition) is 2.